The van der Waals surface area contributed by atoms with Crippen molar-refractivity contribution in [3.63, 3.8) is 0 Å². The zero-order chi connectivity index (χ0) is 29.8. The molecule has 3 aromatic rings. The van der Waals surface area contributed by atoms with E-state index in [1.807, 2.05) is 6.08 Å². The van der Waals surface area contributed by atoms with Crippen LogP contribution in [-0.4, -0.2) is 56.8 Å². The van der Waals surface area contributed by atoms with Crippen molar-refractivity contribution >= 4 is 29.6 Å². The highest BCUT2D eigenvalue weighted by Crippen LogP contribution is 2.44. The van der Waals surface area contributed by atoms with Gasteiger partial charge in [0.15, 0.2) is 5.69 Å². The van der Waals surface area contributed by atoms with Gasteiger partial charge in [-0.25, -0.2) is 28.1 Å². The van der Waals surface area contributed by atoms with Crippen molar-refractivity contribution in [3.8, 4) is 0 Å². The van der Waals surface area contributed by atoms with Gasteiger partial charge in [0.2, 0.25) is 5.69 Å². The Hall–Kier alpha value is -4.74. The van der Waals surface area contributed by atoms with E-state index in [0.29, 0.717) is 17.7 Å². The molecule has 12 heteroatoms. The number of amides is 1. The van der Waals surface area contributed by atoms with Crippen LogP contribution in [0.4, 0.5) is 8.78 Å². The quantitative estimate of drug-likeness (QED) is 0.356. The Labute approximate surface area is 240 Å². The van der Waals surface area contributed by atoms with Crippen LogP contribution in [0.2, 0.25) is 0 Å². The summed E-state index contributed by atoms with van der Waals surface area (Å²) in [6, 6.07) is 11.4. The standard InChI is InChI=1S/C30H29F2N5O5/c1-3-41-29(39)26-28(30(40)42-4-2)36(35-33-26)17-24(38)37-27(19-10-14-22(32)15-11-19)23-7-5-6-20(25(23)34-37)16-18-8-12-21(31)13-9-18/h8-16,23,27H,3-7,17H2,1-2H3/b20-16+/t23-,27+/m0/s1. The van der Waals surface area contributed by atoms with Crippen LogP contribution in [0.5, 0.6) is 0 Å². The molecule has 1 aromatic heterocycles. The Morgan fingerprint density at radius 1 is 0.952 bits per heavy atom. The van der Waals surface area contributed by atoms with Crippen molar-refractivity contribution in [2.24, 2.45) is 11.0 Å². The number of ether oxygens (including phenoxy) is 2. The lowest BCUT2D eigenvalue weighted by Gasteiger charge is -2.29. The first-order valence-corrected chi connectivity index (χ1v) is 13.7. The van der Waals surface area contributed by atoms with Crippen LogP contribution in [0.15, 0.2) is 59.2 Å². The number of esters is 2. The van der Waals surface area contributed by atoms with Crippen molar-refractivity contribution < 1.29 is 32.6 Å². The summed E-state index contributed by atoms with van der Waals surface area (Å²) in [4.78, 5) is 39.1. The minimum Gasteiger partial charge on any atom is -0.461 e. The minimum absolute atomic E-state index is 0.0253. The van der Waals surface area contributed by atoms with Gasteiger partial charge >= 0.3 is 11.9 Å². The Morgan fingerprint density at radius 2 is 1.60 bits per heavy atom. The maximum absolute atomic E-state index is 13.9. The van der Waals surface area contributed by atoms with Crippen molar-refractivity contribution in [2.75, 3.05) is 13.2 Å². The molecule has 10 nitrogen and oxygen atoms in total. The van der Waals surface area contributed by atoms with Crippen molar-refractivity contribution in [2.45, 2.75) is 45.7 Å². The average Bonchev–Trinajstić information content (AvgIpc) is 3.58. The summed E-state index contributed by atoms with van der Waals surface area (Å²) < 4.78 is 38.4. The highest BCUT2D eigenvalue weighted by molar-refractivity contribution is 6.08. The van der Waals surface area contributed by atoms with E-state index in [-0.39, 0.29) is 36.3 Å². The molecule has 2 aliphatic rings. The molecule has 42 heavy (non-hydrogen) atoms. The molecular formula is C30H29F2N5O5. The lowest BCUT2D eigenvalue weighted by Crippen LogP contribution is -2.34. The number of rotatable bonds is 8. The Kier molecular flexibility index (Phi) is 8.51. The fraction of sp³-hybridized carbons (Fsp3) is 0.333. The van der Waals surface area contributed by atoms with Crippen molar-refractivity contribution in [1.29, 1.82) is 0 Å². The van der Waals surface area contributed by atoms with E-state index >= 15 is 0 Å². The largest absolute Gasteiger partial charge is 0.461 e. The van der Waals surface area contributed by atoms with E-state index in [1.54, 1.807) is 38.1 Å². The molecule has 2 heterocycles. The lowest BCUT2D eigenvalue weighted by molar-refractivity contribution is -0.134. The second-order valence-electron chi connectivity index (χ2n) is 9.83. The first kappa shape index (κ1) is 28.8. The second-order valence-corrected chi connectivity index (χ2v) is 9.83. The van der Waals surface area contributed by atoms with Crippen LogP contribution in [0.25, 0.3) is 6.08 Å². The van der Waals surface area contributed by atoms with Gasteiger partial charge < -0.3 is 9.47 Å². The van der Waals surface area contributed by atoms with E-state index < -0.39 is 36.2 Å². The number of halogens is 2. The Balaban J connectivity index is 1.52. The van der Waals surface area contributed by atoms with E-state index in [1.165, 1.54) is 29.3 Å². The topological polar surface area (TPSA) is 116 Å². The van der Waals surface area contributed by atoms with Crippen molar-refractivity contribution in [1.82, 2.24) is 20.0 Å². The molecule has 0 N–H and O–H groups in total. The maximum atomic E-state index is 13.9. The smallest absolute Gasteiger partial charge is 0.361 e. The van der Waals surface area contributed by atoms with Gasteiger partial charge in [-0.05, 0) is 80.2 Å². The lowest BCUT2D eigenvalue weighted by atomic mass is 9.77. The Morgan fingerprint density at radius 3 is 2.26 bits per heavy atom. The summed E-state index contributed by atoms with van der Waals surface area (Å²) in [6.45, 7) is 2.81. The van der Waals surface area contributed by atoms with Crippen LogP contribution < -0.4 is 0 Å². The highest BCUT2D eigenvalue weighted by Gasteiger charge is 2.44. The summed E-state index contributed by atoms with van der Waals surface area (Å²) in [5.41, 5.74) is 2.45. The number of hydrogen-bond acceptors (Lipinski definition) is 8. The van der Waals surface area contributed by atoms with Crippen molar-refractivity contribution in [3.05, 3.63) is 88.3 Å². The SMILES string of the molecule is CCOC(=O)c1nnn(CC(=O)N2N=C3/C(=C/c4ccc(F)cc4)CCC[C@@H]3[C@H]2c2ccc(F)cc2)c1C(=O)OCC. The molecule has 1 saturated carbocycles. The van der Waals surface area contributed by atoms with E-state index in [2.05, 4.69) is 10.3 Å². The predicted molar refractivity (Wildman–Crippen MR) is 147 cm³/mol. The number of carbonyl (C=O) groups is 3. The molecule has 5 rings (SSSR count). The number of hydrazone groups is 1. The third-order valence-corrected chi connectivity index (χ3v) is 7.14. The molecule has 0 saturated heterocycles. The molecule has 0 bridgehead atoms. The summed E-state index contributed by atoms with van der Waals surface area (Å²) in [5, 5.41) is 13.8. The summed E-state index contributed by atoms with van der Waals surface area (Å²) in [5.74, 6) is -3.21. The molecule has 1 amide bonds. The molecule has 2 atom stereocenters. The van der Waals surface area contributed by atoms with Crippen LogP contribution in [-0.2, 0) is 20.8 Å². The van der Waals surface area contributed by atoms with Gasteiger partial charge in [-0.3, -0.25) is 4.79 Å². The van der Waals surface area contributed by atoms with Gasteiger partial charge in [-0.2, -0.15) is 5.10 Å². The number of allylic oxidation sites excluding steroid dienone is 1. The number of carbonyl (C=O) groups excluding carboxylic acids is 3. The number of benzene rings is 2. The molecule has 1 aliphatic carbocycles. The molecule has 1 fully saturated rings. The van der Waals surface area contributed by atoms with Crippen LogP contribution in [0.3, 0.4) is 0 Å². The summed E-state index contributed by atoms with van der Waals surface area (Å²) in [6.07, 6.45) is 4.21. The van der Waals surface area contributed by atoms with Crippen LogP contribution in [0.1, 0.15) is 71.3 Å². The number of hydrogen-bond donors (Lipinski definition) is 0. The van der Waals surface area contributed by atoms with Crippen LogP contribution >= 0.6 is 0 Å². The zero-order valence-corrected chi connectivity index (χ0v) is 23.1. The monoisotopic (exact) mass is 577 g/mol. The molecule has 1 aliphatic heterocycles. The van der Waals surface area contributed by atoms with Gasteiger partial charge in [-0.15, -0.1) is 5.10 Å². The third kappa shape index (κ3) is 5.83. The fourth-order valence-corrected chi connectivity index (χ4v) is 5.32. The molecule has 0 spiro atoms. The fourth-order valence-electron chi connectivity index (χ4n) is 5.32. The van der Waals surface area contributed by atoms with Gasteiger partial charge in [0.05, 0.1) is 25.0 Å². The van der Waals surface area contributed by atoms with Gasteiger partial charge in [0.1, 0.15) is 18.2 Å². The number of aromatic nitrogens is 3. The zero-order valence-electron chi connectivity index (χ0n) is 23.1. The highest BCUT2D eigenvalue weighted by atomic mass is 19.1. The first-order chi connectivity index (χ1) is 20.3. The third-order valence-electron chi connectivity index (χ3n) is 7.14. The summed E-state index contributed by atoms with van der Waals surface area (Å²) in [7, 11) is 0. The second kappa shape index (κ2) is 12.4. The Bertz CT molecular complexity index is 1550. The molecule has 2 aromatic carbocycles. The molecular weight excluding hydrogens is 548 g/mol. The number of fused-ring (bicyclic) bond motifs is 1. The predicted octanol–water partition coefficient (Wildman–Crippen LogP) is 4.73. The van der Waals surface area contributed by atoms with E-state index in [9.17, 15) is 23.2 Å². The normalized spacial score (nSPS) is 18.9. The summed E-state index contributed by atoms with van der Waals surface area (Å²) >= 11 is 0. The van der Waals surface area contributed by atoms with Crippen LogP contribution in [0, 0.1) is 17.6 Å². The van der Waals surface area contributed by atoms with E-state index in [0.717, 1.165) is 28.7 Å². The van der Waals surface area contributed by atoms with Gasteiger partial charge in [0.25, 0.3) is 5.91 Å². The molecule has 0 unspecified atom stereocenters. The first-order valence-electron chi connectivity index (χ1n) is 13.7. The van der Waals surface area contributed by atoms with Gasteiger partial charge in [0, 0.05) is 5.92 Å². The van der Waals surface area contributed by atoms with Gasteiger partial charge in [-0.1, -0.05) is 29.5 Å². The average molecular weight is 578 g/mol. The minimum atomic E-state index is -0.876. The number of nitrogens with zero attached hydrogens (tertiary/aromatic N) is 5. The maximum Gasteiger partial charge on any atom is 0.361 e. The van der Waals surface area contributed by atoms with E-state index in [4.69, 9.17) is 14.6 Å². The molecule has 0 radical (unpaired) electrons. The molecule has 218 valence electrons.